The van der Waals surface area contributed by atoms with Crippen LogP contribution < -0.4 is 5.32 Å². The van der Waals surface area contributed by atoms with Crippen LogP contribution in [-0.4, -0.2) is 41.8 Å². The highest BCUT2D eigenvalue weighted by atomic mass is 16.6. The predicted octanol–water partition coefficient (Wildman–Crippen LogP) is 2.38. The molecule has 1 N–H and O–H groups in total. The van der Waals surface area contributed by atoms with Gasteiger partial charge in [0.25, 0.3) is 0 Å². The molecule has 0 spiro atoms. The highest BCUT2D eigenvalue weighted by molar-refractivity contribution is 5.69. The molecule has 18 heavy (non-hydrogen) atoms. The molecule has 0 aromatic heterocycles. The summed E-state index contributed by atoms with van der Waals surface area (Å²) in [6.07, 6.45) is 3.09. The minimum Gasteiger partial charge on any atom is -0.444 e. The zero-order chi connectivity index (χ0) is 13.3. The van der Waals surface area contributed by atoms with Gasteiger partial charge >= 0.3 is 6.09 Å². The number of carbonyl (C=O) groups is 1. The highest BCUT2D eigenvalue weighted by Crippen LogP contribution is 2.38. The number of piperidine rings is 1. The zero-order valence-corrected chi connectivity index (χ0v) is 12.0. The molecule has 0 unspecified atom stereocenters. The Morgan fingerprint density at radius 2 is 1.83 bits per heavy atom. The van der Waals surface area contributed by atoms with Crippen LogP contribution in [0.4, 0.5) is 4.79 Å². The summed E-state index contributed by atoms with van der Waals surface area (Å²) in [6, 6.07) is 0.763. The maximum atomic E-state index is 12.4. The first-order valence-electron chi connectivity index (χ1n) is 7.10. The Balaban J connectivity index is 2.02. The van der Waals surface area contributed by atoms with Crippen LogP contribution in [0.25, 0.3) is 0 Å². The fourth-order valence-electron chi connectivity index (χ4n) is 2.64. The van der Waals surface area contributed by atoms with Crippen molar-refractivity contribution in [2.24, 2.45) is 5.92 Å². The highest BCUT2D eigenvalue weighted by Gasteiger charge is 2.45. The Morgan fingerprint density at radius 3 is 2.28 bits per heavy atom. The van der Waals surface area contributed by atoms with E-state index in [2.05, 4.69) is 12.2 Å². The summed E-state index contributed by atoms with van der Waals surface area (Å²) in [5, 5.41) is 3.35. The van der Waals surface area contributed by atoms with Crippen LogP contribution in [0.5, 0.6) is 0 Å². The molecule has 0 aromatic carbocycles. The maximum absolute atomic E-state index is 12.4. The summed E-state index contributed by atoms with van der Waals surface area (Å²) in [7, 11) is 0. The van der Waals surface area contributed by atoms with Crippen LogP contribution in [-0.2, 0) is 4.74 Å². The van der Waals surface area contributed by atoms with E-state index in [1.807, 2.05) is 25.7 Å². The van der Waals surface area contributed by atoms with E-state index in [9.17, 15) is 4.79 Å². The third-order valence-corrected chi connectivity index (χ3v) is 3.73. The summed E-state index contributed by atoms with van der Waals surface area (Å²) < 4.78 is 5.57. The van der Waals surface area contributed by atoms with Crippen LogP contribution >= 0.6 is 0 Å². The molecule has 1 aliphatic carbocycles. The number of hydrogen-bond donors (Lipinski definition) is 1. The van der Waals surface area contributed by atoms with Gasteiger partial charge in [0.2, 0.25) is 0 Å². The van der Waals surface area contributed by atoms with Gasteiger partial charge < -0.3 is 15.0 Å². The van der Waals surface area contributed by atoms with Crippen LogP contribution in [0, 0.1) is 5.92 Å². The molecular weight excluding hydrogens is 228 g/mol. The van der Waals surface area contributed by atoms with E-state index in [1.54, 1.807) is 0 Å². The minimum absolute atomic E-state index is 0.122. The van der Waals surface area contributed by atoms with Crippen molar-refractivity contribution < 1.29 is 9.53 Å². The van der Waals surface area contributed by atoms with E-state index in [0.717, 1.165) is 32.4 Å². The largest absolute Gasteiger partial charge is 0.444 e. The Labute approximate surface area is 110 Å². The van der Waals surface area contributed by atoms with Crippen molar-refractivity contribution in [1.82, 2.24) is 10.2 Å². The first-order valence-corrected chi connectivity index (χ1v) is 7.10. The first kappa shape index (κ1) is 13.7. The Morgan fingerprint density at radius 1 is 1.28 bits per heavy atom. The molecule has 0 bridgehead atoms. The number of nitrogens with one attached hydrogen (secondary N) is 1. The van der Waals surface area contributed by atoms with E-state index in [4.69, 9.17) is 4.74 Å². The predicted molar refractivity (Wildman–Crippen MR) is 71.5 cm³/mol. The molecule has 1 heterocycles. The molecule has 104 valence electrons. The van der Waals surface area contributed by atoms with Crippen LogP contribution in [0.1, 0.15) is 47.0 Å². The van der Waals surface area contributed by atoms with E-state index >= 15 is 0 Å². The van der Waals surface area contributed by atoms with Crippen LogP contribution in [0.15, 0.2) is 0 Å². The van der Waals surface area contributed by atoms with Crippen molar-refractivity contribution in [1.29, 1.82) is 0 Å². The Bertz CT molecular complexity index is 305. The average molecular weight is 254 g/mol. The Hall–Kier alpha value is -0.770. The van der Waals surface area contributed by atoms with E-state index in [1.165, 1.54) is 0 Å². The van der Waals surface area contributed by atoms with Crippen molar-refractivity contribution >= 4 is 6.09 Å². The number of ether oxygens (including phenoxy) is 1. The molecule has 4 nitrogen and oxygen atoms in total. The monoisotopic (exact) mass is 254 g/mol. The maximum Gasteiger partial charge on any atom is 0.410 e. The lowest BCUT2D eigenvalue weighted by molar-refractivity contribution is 0.00959. The smallest absolute Gasteiger partial charge is 0.410 e. The lowest BCUT2D eigenvalue weighted by Crippen LogP contribution is -2.49. The number of carbonyl (C=O) groups excluding carboxylic acids is 1. The van der Waals surface area contributed by atoms with Gasteiger partial charge in [0.05, 0.1) is 0 Å². The topological polar surface area (TPSA) is 41.6 Å². The second-order valence-electron chi connectivity index (χ2n) is 6.65. The molecule has 0 aromatic rings. The summed E-state index contributed by atoms with van der Waals surface area (Å²) in [5.74, 6) is 0.632. The van der Waals surface area contributed by atoms with Crippen molar-refractivity contribution in [2.45, 2.75) is 64.6 Å². The fourth-order valence-corrected chi connectivity index (χ4v) is 2.64. The van der Waals surface area contributed by atoms with Gasteiger partial charge in [-0.2, -0.15) is 0 Å². The molecule has 1 aliphatic heterocycles. The normalized spacial score (nSPS) is 28.9. The van der Waals surface area contributed by atoms with Gasteiger partial charge in [-0.05, 0) is 59.0 Å². The second-order valence-corrected chi connectivity index (χ2v) is 6.65. The molecule has 2 aliphatic rings. The quantitative estimate of drug-likeness (QED) is 0.822. The summed E-state index contributed by atoms with van der Waals surface area (Å²) in [4.78, 5) is 14.4. The average Bonchev–Trinajstić information content (AvgIpc) is 2.94. The Kier molecular flexibility index (Phi) is 3.85. The van der Waals surface area contributed by atoms with E-state index in [-0.39, 0.29) is 6.09 Å². The zero-order valence-electron chi connectivity index (χ0n) is 12.0. The van der Waals surface area contributed by atoms with Crippen LogP contribution in [0.2, 0.25) is 0 Å². The molecular formula is C14H26N2O2. The molecule has 0 radical (unpaired) electrons. The lowest BCUT2D eigenvalue weighted by Gasteiger charge is -2.36. The minimum atomic E-state index is -0.402. The van der Waals surface area contributed by atoms with Gasteiger partial charge in [-0.15, -0.1) is 0 Å². The lowest BCUT2D eigenvalue weighted by atomic mass is 10.0. The second kappa shape index (κ2) is 5.08. The summed E-state index contributed by atoms with van der Waals surface area (Å²) in [5.41, 5.74) is -0.402. The van der Waals surface area contributed by atoms with Crippen molar-refractivity contribution in [3.63, 3.8) is 0 Å². The van der Waals surface area contributed by atoms with Crippen molar-refractivity contribution in [2.75, 3.05) is 13.1 Å². The SMILES string of the molecule is C[C@@H]1C[C@H]1N(C(=O)OC(C)(C)C)C1CCNCC1. The van der Waals surface area contributed by atoms with Gasteiger partial charge in [0.1, 0.15) is 5.60 Å². The third kappa shape index (κ3) is 3.37. The van der Waals surface area contributed by atoms with E-state index < -0.39 is 5.60 Å². The number of hydrogen-bond acceptors (Lipinski definition) is 3. The fraction of sp³-hybridized carbons (Fsp3) is 0.929. The molecule has 2 rings (SSSR count). The number of nitrogens with zero attached hydrogens (tertiary/aromatic N) is 1. The molecule has 1 amide bonds. The van der Waals surface area contributed by atoms with Crippen LogP contribution in [0.3, 0.4) is 0 Å². The third-order valence-electron chi connectivity index (χ3n) is 3.73. The summed E-state index contributed by atoms with van der Waals surface area (Å²) >= 11 is 0. The number of amides is 1. The van der Waals surface area contributed by atoms with Gasteiger partial charge in [-0.25, -0.2) is 4.79 Å². The molecule has 2 atom stereocenters. The van der Waals surface area contributed by atoms with Crippen molar-refractivity contribution in [3.05, 3.63) is 0 Å². The van der Waals surface area contributed by atoms with Gasteiger partial charge in [-0.3, -0.25) is 0 Å². The molecule has 1 saturated heterocycles. The summed E-state index contributed by atoms with van der Waals surface area (Å²) in [6.45, 7) is 10.0. The van der Waals surface area contributed by atoms with Gasteiger partial charge in [0.15, 0.2) is 0 Å². The number of rotatable bonds is 2. The van der Waals surface area contributed by atoms with Gasteiger partial charge in [0, 0.05) is 12.1 Å². The van der Waals surface area contributed by atoms with Gasteiger partial charge in [-0.1, -0.05) is 6.92 Å². The molecule has 1 saturated carbocycles. The molecule has 2 fully saturated rings. The first-order chi connectivity index (χ1) is 8.38. The van der Waals surface area contributed by atoms with E-state index in [0.29, 0.717) is 18.0 Å². The standard InChI is InChI=1S/C14H26N2O2/c1-10-9-12(10)16(11-5-7-15-8-6-11)13(17)18-14(2,3)4/h10-12,15H,5-9H2,1-4H3/t10-,12-/m1/s1. The molecule has 4 heteroatoms. The van der Waals surface area contributed by atoms with Crippen molar-refractivity contribution in [3.8, 4) is 0 Å².